The lowest BCUT2D eigenvalue weighted by atomic mass is 10.2. The third kappa shape index (κ3) is 2.29. The first-order valence-electron chi connectivity index (χ1n) is 5.40. The molecule has 3 nitrogen and oxygen atoms in total. The van der Waals surface area contributed by atoms with Crippen LogP contribution in [0.4, 0.5) is 10.5 Å². The second kappa shape index (κ2) is 5.39. The van der Waals surface area contributed by atoms with Gasteiger partial charge in [0.2, 0.25) is 0 Å². The Labute approximate surface area is 91.1 Å². The largest absolute Gasteiger partial charge is 0.341 e. The summed E-state index contributed by atoms with van der Waals surface area (Å²) in [6.45, 7) is 4.79. The summed E-state index contributed by atoms with van der Waals surface area (Å²) in [5, 5.41) is 2.63. The summed E-state index contributed by atoms with van der Waals surface area (Å²) in [6, 6.07) is 7.99. The molecule has 0 atom stereocenters. The Morgan fingerprint density at radius 3 is 2.67 bits per heavy atom. The quantitative estimate of drug-likeness (QED) is 0.694. The fraction of sp³-hybridized carbons (Fsp3) is 0.417. The Balaban J connectivity index is 0.000000531. The highest BCUT2D eigenvalue weighted by atomic mass is 16.2. The summed E-state index contributed by atoms with van der Waals surface area (Å²) < 4.78 is 0. The zero-order valence-corrected chi connectivity index (χ0v) is 9.58. The van der Waals surface area contributed by atoms with Gasteiger partial charge in [-0.05, 0) is 18.1 Å². The van der Waals surface area contributed by atoms with Gasteiger partial charge in [0.15, 0.2) is 0 Å². The van der Waals surface area contributed by atoms with Crippen molar-refractivity contribution in [2.45, 2.75) is 20.3 Å². The van der Waals surface area contributed by atoms with E-state index in [9.17, 15) is 4.79 Å². The molecule has 0 unspecified atom stereocenters. The lowest BCUT2D eigenvalue weighted by molar-refractivity contribution is 0.248. The number of nitrogens with zero attached hydrogens (tertiary/aromatic N) is 1. The molecule has 2 amide bonds. The van der Waals surface area contributed by atoms with Gasteiger partial charge < -0.3 is 5.32 Å². The van der Waals surface area contributed by atoms with E-state index in [4.69, 9.17) is 0 Å². The molecule has 1 N–H and O–H groups in total. The van der Waals surface area contributed by atoms with Crippen molar-refractivity contribution in [2.24, 2.45) is 0 Å². The van der Waals surface area contributed by atoms with Crippen LogP contribution in [0.25, 0.3) is 0 Å². The minimum Gasteiger partial charge on any atom is -0.341 e. The molecule has 1 aliphatic heterocycles. The molecule has 0 saturated heterocycles. The van der Waals surface area contributed by atoms with Gasteiger partial charge in [0.25, 0.3) is 0 Å². The molecule has 0 aliphatic carbocycles. The topological polar surface area (TPSA) is 32.3 Å². The number of hydrogen-bond acceptors (Lipinski definition) is 1. The molecule has 0 radical (unpaired) electrons. The van der Waals surface area contributed by atoms with Crippen molar-refractivity contribution in [1.29, 1.82) is 0 Å². The smallest absolute Gasteiger partial charge is 0.321 e. The van der Waals surface area contributed by atoms with Gasteiger partial charge in [-0.25, -0.2) is 4.79 Å². The number of carbonyl (C=O) groups excluding carboxylic acids is 1. The predicted molar refractivity (Wildman–Crippen MR) is 63.3 cm³/mol. The number of fused-ring (bicyclic) bond motifs is 1. The van der Waals surface area contributed by atoms with Crippen molar-refractivity contribution in [1.82, 2.24) is 5.32 Å². The number of amides is 2. The first kappa shape index (κ1) is 11.6. The molecule has 0 aromatic heterocycles. The number of carbonyl (C=O) groups is 1. The van der Waals surface area contributed by atoms with E-state index < -0.39 is 0 Å². The first-order chi connectivity index (χ1) is 7.33. The number of hydrogen-bond donors (Lipinski definition) is 1. The molecule has 2 rings (SSSR count). The standard InChI is InChI=1S/C10H12N2O.C2H6/c1-11-10(13)12-7-6-8-4-2-3-5-9(8)12;1-2/h2-5H,6-7H2,1H3,(H,11,13);1-2H3. The SMILES string of the molecule is CC.CNC(=O)N1CCc2ccccc21. The fourth-order valence-electron chi connectivity index (χ4n) is 1.68. The average Bonchev–Trinajstić information content (AvgIpc) is 2.74. The van der Waals surface area contributed by atoms with E-state index in [1.807, 2.05) is 32.0 Å². The molecular weight excluding hydrogens is 188 g/mol. The third-order valence-electron chi connectivity index (χ3n) is 2.35. The maximum absolute atomic E-state index is 11.4. The fourth-order valence-corrected chi connectivity index (χ4v) is 1.68. The minimum atomic E-state index is -0.0232. The van der Waals surface area contributed by atoms with E-state index in [0.29, 0.717) is 0 Å². The first-order valence-corrected chi connectivity index (χ1v) is 5.40. The average molecular weight is 206 g/mol. The summed E-state index contributed by atoms with van der Waals surface area (Å²) in [6.07, 6.45) is 0.962. The lowest BCUT2D eigenvalue weighted by Crippen LogP contribution is -2.36. The summed E-state index contributed by atoms with van der Waals surface area (Å²) >= 11 is 0. The van der Waals surface area contributed by atoms with Crippen LogP contribution in [0.3, 0.4) is 0 Å². The Morgan fingerprint density at radius 2 is 2.00 bits per heavy atom. The van der Waals surface area contributed by atoms with Crippen molar-refractivity contribution in [3.8, 4) is 0 Å². The monoisotopic (exact) mass is 206 g/mol. The summed E-state index contributed by atoms with van der Waals surface area (Å²) in [5.41, 5.74) is 2.30. The van der Waals surface area contributed by atoms with Gasteiger partial charge in [0.1, 0.15) is 0 Å². The van der Waals surface area contributed by atoms with Gasteiger partial charge in [-0.2, -0.15) is 0 Å². The summed E-state index contributed by atoms with van der Waals surface area (Å²) in [7, 11) is 1.66. The van der Waals surface area contributed by atoms with Crippen LogP contribution < -0.4 is 10.2 Å². The minimum absolute atomic E-state index is 0.0232. The van der Waals surface area contributed by atoms with Crippen molar-refractivity contribution in [2.75, 3.05) is 18.5 Å². The Hall–Kier alpha value is -1.51. The summed E-state index contributed by atoms with van der Waals surface area (Å²) in [5.74, 6) is 0. The van der Waals surface area contributed by atoms with Crippen LogP contribution in [0.15, 0.2) is 24.3 Å². The van der Waals surface area contributed by atoms with Crippen LogP contribution in [-0.4, -0.2) is 19.6 Å². The molecule has 0 saturated carbocycles. The number of para-hydroxylation sites is 1. The molecule has 3 heteroatoms. The second-order valence-electron chi connectivity index (χ2n) is 3.09. The molecule has 1 aromatic carbocycles. The number of anilines is 1. The molecule has 0 bridgehead atoms. The van der Waals surface area contributed by atoms with Crippen molar-refractivity contribution < 1.29 is 4.79 Å². The Morgan fingerprint density at radius 1 is 1.33 bits per heavy atom. The normalized spacial score (nSPS) is 12.6. The maximum Gasteiger partial charge on any atom is 0.321 e. The molecule has 15 heavy (non-hydrogen) atoms. The van der Waals surface area contributed by atoms with Gasteiger partial charge in [-0.1, -0.05) is 32.0 Å². The number of nitrogens with one attached hydrogen (secondary N) is 1. The van der Waals surface area contributed by atoms with E-state index in [-0.39, 0.29) is 6.03 Å². The van der Waals surface area contributed by atoms with E-state index in [1.54, 1.807) is 11.9 Å². The highest BCUT2D eigenvalue weighted by Crippen LogP contribution is 2.26. The Bertz CT molecular complexity index is 336. The molecule has 1 heterocycles. The van der Waals surface area contributed by atoms with E-state index in [2.05, 4.69) is 11.4 Å². The number of rotatable bonds is 0. The van der Waals surface area contributed by atoms with Crippen LogP contribution in [0.2, 0.25) is 0 Å². The van der Waals surface area contributed by atoms with Crippen molar-refractivity contribution in [3.05, 3.63) is 29.8 Å². The number of benzene rings is 1. The van der Waals surface area contributed by atoms with Crippen LogP contribution in [0.5, 0.6) is 0 Å². The van der Waals surface area contributed by atoms with Crippen LogP contribution in [0, 0.1) is 0 Å². The van der Waals surface area contributed by atoms with Gasteiger partial charge in [-0.15, -0.1) is 0 Å². The van der Waals surface area contributed by atoms with Crippen molar-refractivity contribution >= 4 is 11.7 Å². The van der Waals surface area contributed by atoms with Crippen LogP contribution in [-0.2, 0) is 6.42 Å². The molecule has 0 fully saturated rings. The Kier molecular flexibility index (Phi) is 4.16. The molecule has 1 aromatic rings. The zero-order valence-electron chi connectivity index (χ0n) is 9.58. The number of urea groups is 1. The summed E-state index contributed by atoms with van der Waals surface area (Å²) in [4.78, 5) is 13.2. The molecule has 1 aliphatic rings. The maximum atomic E-state index is 11.4. The zero-order chi connectivity index (χ0) is 11.3. The van der Waals surface area contributed by atoms with Gasteiger partial charge in [0, 0.05) is 19.3 Å². The van der Waals surface area contributed by atoms with Crippen LogP contribution >= 0.6 is 0 Å². The lowest BCUT2D eigenvalue weighted by Gasteiger charge is -2.15. The molecule has 82 valence electrons. The highest BCUT2D eigenvalue weighted by molar-refractivity contribution is 5.93. The predicted octanol–water partition coefficient (Wildman–Crippen LogP) is 2.41. The third-order valence-corrected chi connectivity index (χ3v) is 2.35. The van der Waals surface area contributed by atoms with Gasteiger partial charge in [0.05, 0.1) is 0 Å². The second-order valence-corrected chi connectivity index (χ2v) is 3.09. The van der Waals surface area contributed by atoms with E-state index >= 15 is 0 Å². The van der Waals surface area contributed by atoms with Gasteiger partial charge >= 0.3 is 6.03 Å². The van der Waals surface area contributed by atoms with Crippen LogP contribution in [0.1, 0.15) is 19.4 Å². The van der Waals surface area contributed by atoms with E-state index in [0.717, 1.165) is 18.7 Å². The van der Waals surface area contributed by atoms with E-state index in [1.165, 1.54) is 5.56 Å². The molecular formula is C12H18N2O. The van der Waals surface area contributed by atoms with Gasteiger partial charge in [-0.3, -0.25) is 4.90 Å². The highest BCUT2D eigenvalue weighted by Gasteiger charge is 2.22. The molecule has 0 spiro atoms. The van der Waals surface area contributed by atoms with Crippen molar-refractivity contribution in [3.63, 3.8) is 0 Å².